The molecule has 0 amide bonds. The third-order valence-electron chi connectivity index (χ3n) is 2.36. The van der Waals surface area contributed by atoms with Crippen LogP contribution in [-0.4, -0.2) is 36.2 Å². The highest BCUT2D eigenvalue weighted by molar-refractivity contribution is 7.91. The summed E-state index contributed by atoms with van der Waals surface area (Å²) in [7, 11) is -2.89. The number of aldehydes is 1. The molecular weight excluding hydrogens is 204 g/mol. The second-order valence-corrected chi connectivity index (χ2v) is 5.67. The molecule has 1 atom stereocenters. The van der Waals surface area contributed by atoms with Crippen molar-refractivity contribution in [2.45, 2.75) is 12.3 Å². The van der Waals surface area contributed by atoms with Gasteiger partial charge in [-0.3, -0.25) is 4.79 Å². The monoisotopic (exact) mass is 214 g/mol. The molecule has 76 valence electrons. The van der Waals surface area contributed by atoms with E-state index in [9.17, 15) is 13.2 Å². The van der Waals surface area contributed by atoms with Crippen LogP contribution in [0.4, 0.5) is 0 Å². The summed E-state index contributed by atoms with van der Waals surface area (Å²) < 4.78 is 22.4. The summed E-state index contributed by atoms with van der Waals surface area (Å²) in [5, 5.41) is 0. The molecule has 0 bridgehead atoms. The van der Waals surface area contributed by atoms with Crippen molar-refractivity contribution in [2.24, 2.45) is 0 Å². The molecule has 1 aliphatic rings. The fourth-order valence-corrected chi connectivity index (χ4v) is 3.38. The first kappa shape index (κ1) is 9.39. The van der Waals surface area contributed by atoms with E-state index < -0.39 is 9.84 Å². The molecular formula is C8H10N2O3S. The molecule has 0 spiro atoms. The molecule has 1 fully saturated rings. The Morgan fingerprint density at radius 2 is 2.36 bits per heavy atom. The number of rotatable bonds is 2. The lowest BCUT2D eigenvalue weighted by Crippen LogP contribution is -2.05. The van der Waals surface area contributed by atoms with Crippen LogP contribution in [0.2, 0.25) is 0 Å². The van der Waals surface area contributed by atoms with Gasteiger partial charge in [0, 0.05) is 5.92 Å². The maximum Gasteiger partial charge on any atom is 0.167 e. The fourth-order valence-electron chi connectivity index (χ4n) is 1.63. The number of H-pyrrole nitrogens is 1. The molecule has 2 rings (SSSR count). The smallest absolute Gasteiger partial charge is 0.167 e. The highest BCUT2D eigenvalue weighted by atomic mass is 32.2. The Labute approximate surface area is 81.5 Å². The van der Waals surface area contributed by atoms with E-state index in [1.807, 2.05) is 0 Å². The van der Waals surface area contributed by atoms with E-state index >= 15 is 0 Å². The van der Waals surface area contributed by atoms with Gasteiger partial charge in [-0.25, -0.2) is 13.4 Å². The van der Waals surface area contributed by atoms with E-state index in [1.54, 1.807) is 0 Å². The molecule has 1 aromatic heterocycles. The second kappa shape index (κ2) is 3.20. The Morgan fingerprint density at radius 1 is 1.57 bits per heavy atom. The molecule has 14 heavy (non-hydrogen) atoms. The Hall–Kier alpha value is -1.17. The maximum atomic E-state index is 11.2. The lowest BCUT2D eigenvalue weighted by atomic mass is 10.1. The number of imidazole rings is 1. The second-order valence-electron chi connectivity index (χ2n) is 3.44. The molecule has 1 N–H and O–H groups in total. The van der Waals surface area contributed by atoms with Crippen LogP contribution in [0, 0.1) is 0 Å². The van der Waals surface area contributed by atoms with Crippen LogP contribution in [0.25, 0.3) is 0 Å². The van der Waals surface area contributed by atoms with Gasteiger partial charge in [0.25, 0.3) is 0 Å². The number of nitrogens with one attached hydrogen (secondary N) is 1. The van der Waals surface area contributed by atoms with Crippen molar-refractivity contribution in [1.29, 1.82) is 0 Å². The van der Waals surface area contributed by atoms with Gasteiger partial charge in [0.1, 0.15) is 5.82 Å². The third kappa shape index (κ3) is 1.70. The zero-order chi connectivity index (χ0) is 10.2. The minimum atomic E-state index is -2.89. The maximum absolute atomic E-state index is 11.2. The molecule has 5 nitrogen and oxygen atoms in total. The van der Waals surface area contributed by atoms with Crippen molar-refractivity contribution in [3.05, 3.63) is 17.7 Å². The summed E-state index contributed by atoms with van der Waals surface area (Å²) in [6, 6.07) is 0. The van der Waals surface area contributed by atoms with E-state index in [4.69, 9.17) is 0 Å². The van der Waals surface area contributed by atoms with Gasteiger partial charge in [-0.2, -0.15) is 0 Å². The molecule has 0 aliphatic carbocycles. The topological polar surface area (TPSA) is 79.9 Å². The largest absolute Gasteiger partial charge is 0.340 e. The number of aromatic amines is 1. The number of sulfone groups is 1. The van der Waals surface area contributed by atoms with E-state index in [1.165, 1.54) is 6.20 Å². The summed E-state index contributed by atoms with van der Waals surface area (Å²) >= 11 is 0. The predicted molar refractivity (Wildman–Crippen MR) is 50.0 cm³/mol. The third-order valence-corrected chi connectivity index (χ3v) is 4.13. The van der Waals surface area contributed by atoms with Gasteiger partial charge >= 0.3 is 0 Å². The van der Waals surface area contributed by atoms with Crippen LogP contribution in [0.15, 0.2) is 6.20 Å². The number of carbonyl (C=O) groups is 1. The van der Waals surface area contributed by atoms with E-state index in [-0.39, 0.29) is 17.4 Å². The highest BCUT2D eigenvalue weighted by Gasteiger charge is 2.30. The quantitative estimate of drug-likeness (QED) is 0.709. The SMILES string of the molecule is O=Cc1cnc(C2CCS(=O)(=O)C2)[nH]1. The zero-order valence-corrected chi connectivity index (χ0v) is 8.25. The van der Waals surface area contributed by atoms with E-state index in [0.717, 1.165) is 0 Å². The highest BCUT2D eigenvalue weighted by Crippen LogP contribution is 2.26. The van der Waals surface area contributed by atoms with Crippen LogP contribution < -0.4 is 0 Å². The van der Waals surface area contributed by atoms with E-state index in [2.05, 4.69) is 9.97 Å². The van der Waals surface area contributed by atoms with Gasteiger partial charge < -0.3 is 4.98 Å². The lowest BCUT2D eigenvalue weighted by Gasteiger charge is -2.01. The minimum Gasteiger partial charge on any atom is -0.340 e. The number of aromatic nitrogens is 2. The van der Waals surface area contributed by atoms with Crippen molar-refractivity contribution in [3.63, 3.8) is 0 Å². The van der Waals surface area contributed by atoms with Gasteiger partial charge in [-0.05, 0) is 6.42 Å². The Balaban J connectivity index is 2.21. The molecule has 0 radical (unpaired) electrons. The first-order valence-electron chi connectivity index (χ1n) is 4.31. The van der Waals surface area contributed by atoms with Crippen LogP contribution >= 0.6 is 0 Å². The number of hydrogen-bond donors (Lipinski definition) is 1. The van der Waals surface area contributed by atoms with Crippen LogP contribution in [-0.2, 0) is 9.84 Å². The van der Waals surface area contributed by atoms with Crippen molar-refractivity contribution in [2.75, 3.05) is 11.5 Å². The first-order chi connectivity index (χ1) is 6.61. The Kier molecular flexibility index (Phi) is 2.14. The fraction of sp³-hybridized carbons (Fsp3) is 0.500. The summed E-state index contributed by atoms with van der Waals surface area (Å²) in [6.45, 7) is 0. The molecule has 0 saturated carbocycles. The van der Waals surface area contributed by atoms with Crippen molar-refractivity contribution >= 4 is 16.1 Å². The number of carbonyl (C=O) groups excluding carboxylic acids is 1. The summed E-state index contributed by atoms with van der Waals surface area (Å²) in [4.78, 5) is 17.2. The number of nitrogens with zero attached hydrogens (tertiary/aromatic N) is 1. The van der Waals surface area contributed by atoms with Crippen molar-refractivity contribution < 1.29 is 13.2 Å². The predicted octanol–water partition coefficient (Wildman–Crippen LogP) is 0.124. The number of hydrogen-bond acceptors (Lipinski definition) is 4. The Bertz CT molecular complexity index is 449. The normalized spacial score (nSPS) is 25.0. The van der Waals surface area contributed by atoms with Crippen LogP contribution in [0.5, 0.6) is 0 Å². The molecule has 1 unspecified atom stereocenters. The molecule has 1 aromatic rings. The average molecular weight is 214 g/mol. The Morgan fingerprint density at radius 3 is 2.86 bits per heavy atom. The average Bonchev–Trinajstić information content (AvgIpc) is 2.70. The molecule has 1 saturated heterocycles. The van der Waals surface area contributed by atoms with E-state index in [0.29, 0.717) is 24.2 Å². The molecule has 0 aromatic carbocycles. The van der Waals surface area contributed by atoms with Crippen molar-refractivity contribution in [1.82, 2.24) is 9.97 Å². The minimum absolute atomic E-state index is 0.0753. The van der Waals surface area contributed by atoms with Gasteiger partial charge in [0.2, 0.25) is 0 Å². The molecule has 6 heteroatoms. The lowest BCUT2D eigenvalue weighted by molar-refractivity contribution is 0.111. The van der Waals surface area contributed by atoms with Gasteiger partial charge in [-0.15, -0.1) is 0 Å². The van der Waals surface area contributed by atoms with Crippen LogP contribution in [0.1, 0.15) is 28.7 Å². The van der Waals surface area contributed by atoms with Gasteiger partial charge in [0.15, 0.2) is 16.1 Å². The summed E-state index contributed by atoms with van der Waals surface area (Å²) in [5.74, 6) is 0.884. The molecule has 2 heterocycles. The standard InChI is InChI=1S/C8H10N2O3S/c11-4-7-3-9-8(10-7)6-1-2-14(12,13)5-6/h3-4,6H,1-2,5H2,(H,9,10). The molecule has 1 aliphatic heterocycles. The first-order valence-corrected chi connectivity index (χ1v) is 6.13. The summed E-state index contributed by atoms with van der Waals surface area (Å²) in [5.41, 5.74) is 0.393. The van der Waals surface area contributed by atoms with Gasteiger partial charge in [-0.1, -0.05) is 0 Å². The van der Waals surface area contributed by atoms with Crippen molar-refractivity contribution in [3.8, 4) is 0 Å². The zero-order valence-electron chi connectivity index (χ0n) is 7.43. The summed E-state index contributed by atoms with van der Waals surface area (Å²) in [6.07, 6.45) is 2.68. The van der Waals surface area contributed by atoms with Crippen LogP contribution in [0.3, 0.4) is 0 Å². The van der Waals surface area contributed by atoms with Gasteiger partial charge in [0.05, 0.1) is 23.4 Å².